The van der Waals surface area contributed by atoms with Crippen LogP contribution in [0.5, 0.6) is 0 Å². The van der Waals surface area contributed by atoms with Crippen LogP contribution in [-0.2, 0) is 31.2 Å². The third-order valence-electron chi connectivity index (χ3n) is 9.05. The number of anilines is 1. The van der Waals surface area contributed by atoms with E-state index in [0.29, 0.717) is 44.5 Å². The van der Waals surface area contributed by atoms with Crippen molar-refractivity contribution < 1.29 is 28.3 Å². The van der Waals surface area contributed by atoms with E-state index in [1.807, 2.05) is 67.7 Å². The molecule has 0 radical (unpaired) electrons. The number of aromatic nitrogens is 3. The smallest absolute Gasteiger partial charge is 0.305 e. The maximum absolute atomic E-state index is 16.1. The fourth-order valence-corrected chi connectivity index (χ4v) is 9.57. The molecule has 1 unspecified atom stereocenters. The standard InChI is InChI=1S/C32H41FN4O5Si/c1-22-30(43(3,4)33)28(17-19-36-20-26(34-35-36)24(21-38)23-12-6-5-7-13-23)42-32(22)25-14-8-9-15-27(25)37(31(32)40)18-11-10-16-29(39)41-2/h5-9,12-15,20,22,24,28,30,38H,10-11,16-19,21H2,1-4H3/t22-,24?,28+,30-,32+/m0/s1. The first kappa shape index (κ1) is 31.0. The Morgan fingerprint density at radius 3 is 2.56 bits per heavy atom. The quantitative estimate of drug-likeness (QED) is 0.134. The van der Waals surface area contributed by atoms with Gasteiger partial charge in [-0.15, -0.1) is 5.10 Å². The number of amides is 1. The molecule has 5 atom stereocenters. The van der Waals surface area contributed by atoms with Gasteiger partial charge < -0.3 is 23.6 Å². The van der Waals surface area contributed by atoms with Crippen LogP contribution in [0.3, 0.4) is 0 Å². The Hall–Kier alpha value is -3.41. The molecule has 0 aliphatic carbocycles. The highest BCUT2D eigenvalue weighted by Gasteiger charge is 2.66. The molecule has 9 nitrogen and oxygen atoms in total. The molecule has 5 rings (SSSR count). The number of halogens is 1. The van der Waals surface area contributed by atoms with Crippen LogP contribution in [0.15, 0.2) is 60.8 Å². The Morgan fingerprint density at radius 2 is 1.86 bits per heavy atom. The Morgan fingerprint density at radius 1 is 1.14 bits per heavy atom. The summed E-state index contributed by atoms with van der Waals surface area (Å²) in [6, 6.07) is 17.3. The molecule has 1 amide bonds. The van der Waals surface area contributed by atoms with Gasteiger partial charge in [-0.1, -0.05) is 60.7 Å². The summed E-state index contributed by atoms with van der Waals surface area (Å²) in [5, 5.41) is 18.7. The zero-order valence-electron chi connectivity index (χ0n) is 25.3. The third kappa shape index (κ3) is 5.90. The predicted octanol–water partition coefficient (Wildman–Crippen LogP) is 4.96. The highest BCUT2D eigenvalue weighted by Crippen LogP contribution is 2.60. The molecule has 3 heterocycles. The second-order valence-electron chi connectivity index (χ2n) is 12.1. The number of hydrogen-bond acceptors (Lipinski definition) is 7. The summed E-state index contributed by atoms with van der Waals surface area (Å²) in [6.07, 6.45) is 3.30. The van der Waals surface area contributed by atoms with E-state index in [2.05, 4.69) is 10.3 Å². The number of methoxy groups -OCH3 is 1. The topological polar surface area (TPSA) is 107 Å². The van der Waals surface area contributed by atoms with E-state index in [1.165, 1.54) is 7.11 Å². The van der Waals surface area contributed by atoms with Crippen LogP contribution < -0.4 is 4.90 Å². The minimum Gasteiger partial charge on any atom is -0.469 e. The van der Waals surface area contributed by atoms with E-state index in [0.717, 1.165) is 16.8 Å². The molecule has 1 saturated heterocycles. The number of esters is 1. The number of ether oxygens (including phenoxy) is 2. The van der Waals surface area contributed by atoms with Crippen molar-refractivity contribution in [1.29, 1.82) is 0 Å². The van der Waals surface area contributed by atoms with Crippen molar-refractivity contribution in [3.05, 3.63) is 77.6 Å². The molecule has 1 fully saturated rings. The third-order valence-corrected chi connectivity index (χ3v) is 11.5. The van der Waals surface area contributed by atoms with E-state index in [-0.39, 0.29) is 30.3 Å². The maximum atomic E-state index is 16.1. The normalized spacial score (nSPS) is 24.0. The molecule has 1 aromatic heterocycles. The van der Waals surface area contributed by atoms with Crippen molar-refractivity contribution >= 4 is 26.0 Å². The van der Waals surface area contributed by atoms with Crippen LogP contribution in [0.1, 0.15) is 55.3 Å². The van der Waals surface area contributed by atoms with E-state index < -0.39 is 25.7 Å². The number of hydrogen-bond donors (Lipinski definition) is 1. The number of carbonyl (C=O) groups excluding carboxylic acids is 2. The van der Waals surface area contributed by atoms with Gasteiger partial charge in [0.25, 0.3) is 5.91 Å². The first-order valence-electron chi connectivity index (χ1n) is 15.0. The minimum atomic E-state index is -3.29. The molecule has 2 aliphatic rings. The van der Waals surface area contributed by atoms with Crippen molar-refractivity contribution in [2.45, 2.75) is 75.4 Å². The number of fused-ring (bicyclic) bond motifs is 2. The highest BCUT2D eigenvalue weighted by molar-refractivity contribution is 6.72. The molecule has 230 valence electrons. The molecular weight excluding hydrogens is 567 g/mol. The van der Waals surface area contributed by atoms with Gasteiger partial charge in [-0.2, -0.15) is 0 Å². The lowest BCUT2D eigenvalue weighted by Gasteiger charge is -2.31. The van der Waals surface area contributed by atoms with Gasteiger partial charge in [0.2, 0.25) is 8.41 Å². The summed E-state index contributed by atoms with van der Waals surface area (Å²) in [4.78, 5) is 27.6. The number of carbonyl (C=O) groups is 2. The number of nitrogens with zero attached hydrogens (tertiary/aromatic N) is 4. The molecule has 2 aromatic carbocycles. The second kappa shape index (κ2) is 12.7. The van der Waals surface area contributed by atoms with Gasteiger partial charge in [-0.3, -0.25) is 14.3 Å². The van der Waals surface area contributed by atoms with E-state index >= 15 is 4.11 Å². The first-order valence-corrected chi connectivity index (χ1v) is 18.0. The van der Waals surface area contributed by atoms with Gasteiger partial charge in [0, 0.05) is 42.7 Å². The second-order valence-corrected chi connectivity index (χ2v) is 15.9. The van der Waals surface area contributed by atoms with E-state index in [1.54, 1.807) is 22.7 Å². The van der Waals surface area contributed by atoms with Gasteiger partial charge in [0.05, 0.1) is 37.1 Å². The number of rotatable bonds is 12. The molecule has 0 bridgehead atoms. The first-order chi connectivity index (χ1) is 20.6. The van der Waals surface area contributed by atoms with Crippen molar-refractivity contribution in [3.63, 3.8) is 0 Å². The van der Waals surface area contributed by atoms with Crippen molar-refractivity contribution in [3.8, 4) is 0 Å². The Labute approximate surface area is 253 Å². The summed E-state index contributed by atoms with van der Waals surface area (Å²) in [7, 11) is -1.92. The van der Waals surface area contributed by atoms with Crippen LogP contribution in [0.25, 0.3) is 0 Å². The van der Waals surface area contributed by atoms with Gasteiger partial charge in [0.1, 0.15) is 0 Å². The lowest BCUT2D eigenvalue weighted by molar-refractivity contribution is -0.146. The number of aliphatic hydroxyl groups is 1. The number of para-hydroxylation sites is 1. The molecular formula is C32H41FN4O5Si. The van der Waals surface area contributed by atoms with Crippen molar-refractivity contribution in [2.75, 3.05) is 25.2 Å². The van der Waals surface area contributed by atoms with Gasteiger partial charge in [-0.05, 0) is 44.0 Å². The number of aliphatic hydroxyl groups excluding tert-OH is 1. The fourth-order valence-electron chi connectivity index (χ4n) is 7.03. The molecule has 0 saturated carbocycles. The molecule has 1 spiro atoms. The summed E-state index contributed by atoms with van der Waals surface area (Å²) in [5.41, 5.74) is 1.49. The fraction of sp³-hybridized carbons (Fsp3) is 0.500. The molecule has 43 heavy (non-hydrogen) atoms. The molecule has 2 aliphatic heterocycles. The number of benzene rings is 2. The van der Waals surface area contributed by atoms with Gasteiger partial charge in [-0.25, -0.2) is 0 Å². The summed E-state index contributed by atoms with van der Waals surface area (Å²) in [6.45, 7) is 6.11. The largest absolute Gasteiger partial charge is 0.469 e. The Kier molecular flexibility index (Phi) is 9.14. The van der Waals surface area contributed by atoms with Crippen LogP contribution in [0.4, 0.5) is 9.80 Å². The van der Waals surface area contributed by atoms with E-state index in [9.17, 15) is 14.7 Å². The van der Waals surface area contributed by atoms with Gasteiger partial charge in [0.15, 0.2) is 5.60 Å². The van der Waals surface area contributed by atoms with Gasteiger partial charge >= 0.3 is 5.97 Å². The Balaban J connectivity index is 1.37. The van der Waals surface area contributed by atoms with Crippen LogP contribution in [0, 0.1) is 5.92 Å². The number of unbranched alkanes of at least 4 members (excludes halogenated alkanes) is 1. The average molecular weight is 609 g/mol. The predicted molar refractivity (Wildman–Crippen MR) is 163 cm³/mol. The zero-order valence-corrected chi connectivity index (χ0v) is 26.3. The van der Waals surface area contributed by atoms with Crippen molar-refractivity contribution in [1.82, 2.24) is 15.0 Å². The lowest BCUT2D eigenvalue weighted by atomic mass is 9.82. The highest BCUT2D eigenvalue weighted by atomic mass is 28.4. The van der Waals surface area contributed by atoms with Crippen LogP contribution in [-0.4, -0.2) is 66.7 Å². The molecule has 3 aromatic rings. The monoisotopic (exact) mass is 608 g/mol. The molecule has 1 N–H and O–H groups in total. The average Bonchev–Trinajstić information content (AvgIpc) is 3.65. The SMILES string of the molecule is COC(=O)CCCCN1C(=O)[C@]2(O[C@H](CCn3cc(C(CO)c4ccccc4)nn3)[C@@H]([Si](C)(C)F)[C@@H]2C)c2ccccc21. The minimum absolute atomic E-state index is 0.0983. The van der Waals surface area contributed by atoms with Crippen LogP contribution >= 0.6 is 0 Å². The summed E-state index contributed by atoms with van der Waals surface area (Å²) < 4.78 is 29.3. The van der Waals surface area contributed by atoms with Crippen molar-refractivity contribution in [2.24, 2.45) is 5.92 Å². The van der Waals surface area contributed by atoms with E-state index in [4.69, 9.17) is 9.47 Å². The Bertz CT molecular complexity index is 1430. The summed E-state index contributed by atoms with van der Waals surface area (Å²) in [5.74, 6) is -1.11. The lowest BCUT2D eigenvalue weighted by Crippen LogP contribution is -2.45. The maximum Gasteiger partial charge on any atom is 0.305 e. The zero-order chi connectivity index (χ0) is 30.8. The molecule has 11 heteroatoms. The number of aryl methyl sites for hydroxylation is 1. The summed E-state index contributed by atoms with van der Waals surface area (Å²) >= 11 is 0. The van der Waals surface area contributed by atoms with Crippen LogP contribution in [0.2, 0.25) is 18.6 Å².